The van der Waals surface area contributed by atoms with Gasteiger partial charge in [0.2, 0.25) is 5.91 Å². The summed E-state index contributed by atoms with van der Waals surface area (Å²) >= 11 is 0. The standard InChI is InChI=1S/C29H27N3O4/c1-18-25(33)22-12-6-13-23(27(22)36-26(18)20-9-3-2-4-10-20)29(35)31-21-11-5-8-19(16-21)17-32-15-7-14-24(32)28(30)34/h2-6,8-13,16,24H,7,14-15,17H2,1H3,(H2,30,34)(H,31,35). The van der Waals surface area contributed by atoms with Gasteiger partial charge in [0.25, 0.3) is 5.91 Å². The van der Waals surface area contributed by atoms with Crippen molar-refractivity contribution >= 4 is 28.5 Å². The molecule has 2 heterocycles. The number of carbonyl (C=O) groups is 2. The lowest BCUT2D eigenvalue weighted by Crippen LogP contribution is -2.39. The number of para-hydroxylation sites is 1. The van der Waals surface area contributed by atoms with Gasteiger partial charge in [-0.25, -0.2) is 0 Å². The molecule has 0 aliphatic carbocycles. The first-order valence-corrected chi connectivity index (χ1v) is 12.0. The molecule has 1 aliphatic heterocycles. The van der Waals surface area contributed by atoms with Crippen LogP contribution >= 0.6 is 0 Å². The Morgan fingerprint density at radius 3 is 2.61 bits per heavy atom. The van der Waals surface area contributed by atoms with Gasteiger partial charge in [0.05, 0.1) is 17.0 Å². The number of likely N-dealkylation sites (tertiary alicyclic amines) is 1. The fourth-order valence-electron chi connectivity index (χ4n) is 4.87. The molecule has 1 aromatic heterocycles. The Balaban J connectivity index is 1.45. The second-order valence-corrected chi connectivity index (χ2v) is 9.12. The maximum absolute atomic E-state index is 13.3. The molecule has 0 saturated carbocycles. The van der Waals surface area contributed by atoms with Crippen LogP contribution in [0.15, 0.2) is 82.0 Å². The zero-order valence-corrected chi connectivity index (χ0v) is 20.0. The van der Waals surface area contributed by atoms with E-state index in [-0.39, 0.29) is 34.4 Å². The van der Waals surface area contributed by atoms with Gasteiger partial charge in [0.1, 0.15) is 5.76 Å². The predicted molar refractivity (Wildman–Crippen MR) is 140 cm³/mol. The van der Waals surface area contributed by atoms with E-state index in [1.807, 2.05) is 48.5 Å². The summed E-state index contributed by atoms with van der Waals surface area (Å²) in [6.07, 6.45) is 1.70. The van der Waals surface area contributed by atoms with Crippen molar-refractivity contribution in [1.29, 1.82) is 0 Å². The van der Waals surface area contributed by atoms with Crippen molar-refractivity contribution in [1.82, 2.24) is 4.90 Å². The molecule has 1 saturated heterocycles. The van der Waals surface area contributed by atoms with Gasteiger partial charge in [0, 0.05) is 23.4 Å². The summed E-state index contributed by atoms with van der Waals surface area (Å²) in [5, 5.41) is 3.29. The number of nitrogens with one attached hydrogen (secondary N) is 1. The lowest BCUT2D eigenvalue weighted by atomic mass is 10.0. The summed E-state index contributed by atoms with van der Waals surface area (Å²) in [4.78, 5) is 40.2. The fraction of sp³-hybridized carbons (Fsp3) is 0.207. The lowest BCUT2D eigenvalue weighted by Gasteiger charge is -2.22. The second kappa shape index (κ2) is 9.79. The second-order valence-electron chi connectivity index (χ2n) is 9.12. The number of nitrogens with zero attached hydrogens (tertiary/aromatic N) is 1. The van der Waals surface area contributed by atoms with Crippen molar-refractivity contribution in [3.63, 3.8) is 0 Å². The van der Waals surface area contributed by atoms with E-state index in [0.717, 1.165) is 30.5 Å². The minimum absolute atomic E-state index is 0.165. The number of hydrogen-bond acceptors (Lipinski definition) is 5. The fourth-order valence-corrected chi connectivity index (χ4v) is 4.87. The van der Waals surface area contributed by atoms with Gasteiger partial charge in [-0.1, -0.05) is 48.5 Å². The Kier molecular flexibility index (Phi) is 6.40. The predicted octanol–water partition coefficient (Wildman–Crippen LogP) is 4.47. The Hall–Kier alpha value is -4.23. The van der Waals surface area contributed by atoms with Crippen LogP contribution in [0.1, 0.15) is 34.3 Å². The SMILES string of the molecule is Cc1c(-c2ccccc2)oc2c(C(=O)Nc3cccc(CN4CCCC4C(N)=O)c3)cccc2c1=O. The molecule has 4 aromatic rings. The summed E-state index contributed by atoms with van der Waals surface area (Å²) in [6, 6.07) is 21.6. The summed E-state index contributed by atoms with van der Waals surface area (Å²) in [5.74, 6) is -0.232. The zero-order chi connectivity index (χ0) is 25.2. The van der Waals surface area contributed by atoms with E-state index in [2.05, 4.69) is 10.2 Å². The molecular weight excluding hydrogens is 454 g/mol. The first-order chi connectivity index (χ1) is 17.4. The summed E-state index contributed by atoms with van der Waals surface area (Å²) in [6.45, 7) is 3.11. The number of rotatable bonds is 6. The third-order valence-corrected chi connectivity index (χ3v) is 6.69. The highest BCUT2D eigenvalue weighted by atomic mass is 16.3. The van der Waals surface area contributed by atoms with Crippen molar-refractivity contribution in [2.24, 2.45) is 5.73 Å². The molecule has 5 rings (SSSR count). The molecule has 36 heavy (non-hydrogen) atoms. The number of fused-ring (bicyclic) bond motifs is 1. The van der Waals surface area contributed by atoms with Crippen LogP contribution in [0.5, 0.6) is 0 Å². The summed E-state index contributed by atoms with van der Waals surface area (Å²) in [5.41, 5.74) is 8.76. The molecule has 1 aliphatic rings. The van der Waals surface area contributed by atoms with Crippen LogP contribution in [-0.4, -0.2) is 29.3 Å². The first-order valence-electron chi connectivity index (χ1n) is 12.0. The van der Waals surface area contributed by atoms with Gasteiger partial charge in [-0.3, -0.25) is 19.3 Å². The third kappa shape index (κ3) is 4.53. The number of anilines is 1. The molecule has 0 bridgehead atoms. The molecule has 1 atom stereocenters. The average molecular weight is 482 g/mol. The largest absolute Gasteiger partial charge is 0.455 e. The minimum Gasteiger partial charge on any atom is -0.455 e. The number of nitrogens with two attached hydrogens (primary N) is 1. The number of primary amides is 1. The van der Waals surface area contributed by atoms with E-state index in [4.69, 9.17) is 10.2 Å². The number of benzene rings is 3. The summed E-state index contributed by atoms with van der Waals surface area (Å²) in [7, 11) is 0. The Labute approximate surface area is 208 Å². The highest BCUT2D eigenvalue weighted by Gasteiger charge is 2.28. The number of carbonyl (C=O) groups excluding carboxylic acids is 2. The highest BCUT2D eigenvalue weighted by molar-refractivity contribution is 6.11. The Morgan fingerprint density at radius 2 is 1.83 bits per heavy atom. The van der Waals surface area contributed by atoms with Crippen molar-refractivity contribution in [3.05, 3.63) is 99.7 Å². The minimum atomic E-state index is -0.375. The van der Waals surface area contributed by atoms with Crippen LogP contribution < -0.4 is 16.5 Å². The van der Waals surface area contributed by atoms with Crippen molar-refractivity contribution in [2.75, 3.05) is 11.9 Å². The van der Waals surface area contributed by atoms with E-state index in [1.165, 1.54) is 0 Å². The molecule has 7 nitrogen and oxygen atoms in total. The topological polar surface area (TPSA) is 106 Å². The van der Waals surface area contributed by atoms with Crippen LogP contribution in [0, 0.1) is 6.92 Å². The Morgan fingerprint density at radius 1 is 1.06 bits per heavy atom. The summed E-state index contributed by atoms with van der Waals surface area (Å²) < 4.78 is 6.18. The lowest BCUT2D eigenvalue weighted by molar-refractivity contribution is -0.122. The molecule has 1 unspecified atom stereocenters. The average Bonchev–Trinajstić information content (AvgIpc) is 3.35. The normalized spacial score (nSPS) is 15.8. The maximum atomic E-state index is 13.3. The van der Waals surface area contributed by atoms with Crippen molar-refractivity contribution < 1.29 is 14.0 Å². The van der Waals surface area contributed by atoms with Crippen LogP contribution in [0.4, 0.5) is 5.69 Å². The van der Waals surface area contributed by atoms with Gasteiger partial charge < -0.3 is 15.5 Å². The molecule has 1 fully saturated rings. The molecule has 3 N–H and O–H groups in total. The molecule has 3 aromatic carbocycles. The van der Waals surface area contributed by atoms with E-state index < -0.39 is 0 Å². The van der Waals surface area contributed by atoms with Gasteiger partial charge in [-0.2, -0.15) is 0 Å². The maximum Gasteiger partial charge on any atom is 0.259 e. The van der Waals surface area contributed by atoms with E-state index >= 15 is 0 Å². The van der Waals surface area contributed by atoms with E-state index in [1.54, 1.807) is 31.2 Å². The van der Waals surface area contributed by atoms with Crippen molar-refractivity contribution in [2.45, 2.75) is 32.4 Å². The Bertz CT molecular complexity index is 1510. The number of hydrogen-bond donors (Lipinski definition) is 2. The van der Waals surface area contributed by atoms with E-state index in [0.29, 0.717) is 28.9 Å². The van der Waals surface area contributed by atoms with E-state index in [9.17, 15) is 14.4 Å². The molecular formula is C29H27N3O4. The molecule has 2 amide bonds. The first kappa shape index (κ1) is 23.5. The molecule has 0 spiro atoms. The quantitative estimate of drug-likeness (QED) is 0.423. The van der Waals surface area contributed by atoms with Crippen LogP contribution in [-0.2, 0) is 11.3 Å². The molecule has 0 radical (unpaired) electrons. The van der Waals surface area contributed by atoms with Gasteiger partial charge >= 0.3 is 0 Å². The third-order valence-electron chi connectivity index (χ3n) is 6.69. The number of amides is 2. The van der Waals surface area contributed by atoms with Gasteiger partial charge in [0.15, 0.2) is 11.0 Å². The van der Waals surface area contributed by atoms with Gasteiger partial charge in [-0.05, 0) is 56.1 Å². The van der Waals surface area contributed by atoms with Gasteiger partial charge in [-0.15, -0.1) is 0 Å². The monoisotopic (exact) mass is 481 g/mol. The van der Waals surface area contributed by atoms with Crippen LogP contribution in [0.3, 0.4) is 0 Å². The highest BCUT2D eigenvalue weighted by Crippen LogP contribution is 2.28. The van der Waals surface area contributed by atoms with Crippen molar-refractivity contribution in [3.8, 4) is 11.3 Å². The van der Waals surface area contributed by atoms with Crippen LogP contribution in [0.25, 0.3) is 22.3 Å². The molecule has 182 valence electrons. The molecule has 7 heteroatoms. The smallest absolute Gasteiger partial charge is 0.259 e. The van der Waals surface area contributed by atoms with Crippen LogP contribution in [0.2, 0.25) is 0 Å². The zero-order valence-electron chi connectivity index (χ0n) is 20.0.